The van der Waals surface area contributed by atoms with E-state index in [9.17, 15) is 9.59 Å². The van der Waals surface area contributed by atoms with Gasteiger partial charge in [0, 0.05) is 0 Å². The molecule has 0 aliphatic heterocycles. The van der Waals surface area contributed by atoms with Crippen molar-refractivity contribution in [3.63, 3.8) is 0 Å². The van der Waals surface area contributed by atoms with Gasteiger partial charge in [-0.2, -0.15) is 0 Å². The lowest BCUT2D eigenvalue weighted by molar-refractivity contribution is -0.150. The molecule has 0 heterocycles. The number of rotatable bonds is 3. The van der Waals surface area contributed by atoms with Crippen LogP contribution in [0.1, 0.15) is 52.9 Å². The largest absolute Gasteiger partial charge is 0.456 e. The molecule has 0 saturated heterocycles. The van der Waals surface area contributed by atoms with E-state index in [1.807, 2.05) is 0 Å². The third kappa shape index (κ3) is 5.16. The molecule has 1 aliphatic rings. The van der Waals surface area contributed by atoms with Crippen LogP contribution < -0.4 is 0 Å². The molecule has 3 nitrogen and oxygen atoms in total. The van der Waals surface area contributed by atoms with Crippen molar-refractivity contribution in [1.82, 2.24) is 0 Å². The van der Waals surface area contributed by atoms with E-state index in [1.165, 1.54) is 19.3 Å². The van der Waals surface area contributed by atoms with E-state index in [-0.39, 0.29) is 5.57 Å². The van der Waals surface area contributed by atoms with Crippen LogP contribution in [0, 0.1) is 5.92 Å². The molecule has 1 saturated carbocycles. The van der Waals surface area contributed by atoms with Gasteiger partial charge in [0.1, 0.15) is 5.60 Å². The first kappa shape index (κ1) is 13.9. The molecule has 0 radical (unpaired) electrons. The maximum absolute atomic E-state index is 11.7. The Kier molecular flexibility index (Phi) is 4.91. The van der Waals surface area contributed by atoms with Crippen LogP contribution in [0.2, 0.25) is 0 Å². The minimum Gasteiger partial charge on any atom is -0.456 e. The third-order valence-electron chi connectivity index (χ3n) is 2.83. The van der Waals surface area contributed by atoms with E-state index in [4.69, 9.17) is 4.74 Å². The summed E-state index contributed by atoms with van der Waals surface area (Å²) < 4.78 is 5.19. The molecular weight excluding hydrogens is 216 g/mol. The average molecular weight is 238 g/mol. The Morgan fingerprint density at radius 1 is 1.18 bits per heavy atom. The lowest BCUT2D eigenvalue weighted by Gasteiger charge is -2.21. The number of aldehydes is 1. The lowest BCUT2D eigenvalue weighted by atomic mass is 9.88. The van der Waals surface area contributed by atoms with E-state index in [1.54, 1.807) is 26.8 Å². The van der Waals surface area contributed by atoms with Gasteiger partial charge in [-0.3, -0.25) is 4.79 Å². The van der Waals surface area contributed by atoms with Crippen LogP contribution in [-0.4, -0.2) is 17.9 Å². The maximum Gasteiger partial charge on any atom is 0.341 e. The zero-order valence-corrected chi connectivity index (χ0v) is 11.0. The first-order valence-electron chi connectivity index (χ1n) is 6.33. The normalized spacial score (nSPS) is 18.9. The number of hydrogen-bond acceptors (Lipinski definition) is 3. The van der Waals surface area contributed by atoms with E-state index < -0.39 is 11.6 Å². The summed E-state index contributed by atoms with van der Waals surface area (Å²) >= 11 is 0. The smallest absolute Gasteiger partial charge is 0.341 e. The monoisotopic (exact) mass is 238 g/mol. The van der Waals surface area contributed by atoms with Gasteiger partial charge in [0.05, 0.1) is 5.57 Å². The number of allylic oxidation sites excluding steroid dienone is 1. The van der Waals surface area contributed by atoms with Gasteiger partial charge in [-0.25, -0.2) is 4.79 Å². The molecule has 0 spiro atoms. The van der Waals surface area contributed by atoms with Gasteiger partial charge in [-0.15, -0.1) is 0 Å². The van der Waals surface area contributed by atoms with Gasteiger partial charge < -0.3 is 4.74 Å². The molecule has 96 valence electrons. The van der Waals surface area contributed by atoms with E-state index in [2.05, 4.69) is 0 Å². The first-order valence-corrected chi connectivity index (χ1v) is 6.33. The van der Waals surface area contributed by atoms with Crippen LogP contribution in [0.15, 0.2) is 11.6 Å². The number of carbonyl (C=O) groups excluding carboxylic acids is 2. The second kappa shape index (κ2) is 5.99. The molecule has 0 bridgehead atoms. The minimum absolute atomic E-state index is 0.173. The number of ether oxygens (including phenoxy) is 1. The van der Waals surface area contributed by atoms with Crippen molar-refractivity contribution in [3.8, 4) is 0 Å². The van der Waals surface area contributed by atoms with Crippen LogP contribution >= 0.6 is 0 Å². The number of esters is 1. The predicted molar refractivity (Wildman–Crippen MR) is 66.6 cm³/mol. The SMILES string of the molecule is CC(C)(C)OC(=O)C(C=O)=CC1CCCCC1. The molecule has 0 aromatic carbocycles. The summed E-state index contributed by atoms with van der Waals surface area (Å²) in [7, 11) is 0. The third-order valence-corrected chi connectivity index (χ3v) is 2.83. The Morgan fingerprint density at radius 3 is 2.24 bits per heavy atom. The minimum atomic E-state index is -0.550. The summed E-state index contributed by atoms with van der Waals surface area (Å²) in [6.45, 7) is 5.40. The summed E-state index contributed by atoms with van der Waals surface area (Å²) in [6.07, 6.45) is 8.17. The predicted octanol–water partition coefficient (Wildman–Crippen LogP) is 3.03. The van der Waals surface area contributed by atoms with Gasteiger partial charge in [0.15, 0.2) is 6.29 Å². The van der Waals surface area contributed by atoms with Gasteiger partial charge >= 0.3 is 5.97 Å². The maximum atomic E-state index is 11.7. The van der Waals surface area contributed by atoms with Gasteiger partial charge in [0.25, 0.3) is 0 Å². The Bertz CT molecular complexity index is 304. The topological polar surface area (TPSA) is 43.4 Å². The zero-order valence-electron chi connectivity index (χ0n) is 11.0. The summed E-state index contributed by atoms with van der Waals surface area (Å²) in [5, 5.41) is 0. The Hall–Kier alpha value is -1.12. The van der Waals surface area contributed by atoms with Gasteiger partial charge in [-0.05, 0) is 39.5 Å². The van der Waals surface area contributed by atoms with Gasteiger partial charge in [-0.1, -0.05) is 25.3 Å². The van der Waals surface area contributed by atoms with Crippen LogP contribution in [0.3, 0.4) is 0 Å². The van der Waals surface area contributed by atoms with Crippen LogP contribution in [0.25, 0.3) is 0 Å². The van der Waals surface area contributed by atoms with E-state index in [0.29, 0.717) is 12.2 Å². The zero-order chi connectivity index (χ0) is 12.9. The Morgan fingerprint density at radius 2 is 1.76 bits per heavy atom. The number of hydrogen-bond donors (Lipinski definition) is 0. The quantitative estimate of drug-likeness (QED) is 0.249. The molecule has 0 atom stereocenters. The van der Waals surface area contributed by atoms with E-state index in [0.717, 1.165) is 12.8 Å². The lowest BCUT2D eigenvalue weighted by Crippen LogP contribution is -2.25. The molecule has 1 rings (SSSR count). The molecular formula is C14H22O3. The van der Waals surface area contributed by atoms with E-state index >= 15 is 0 Å². The summed E-state index contributed by atoms with van der Waals surface area (Å²) in [5.74, 6) is -0.144. The van der Waals surface area contributed by atoms with Crippen molar-refractivity contribution >= 4 is 12.3 Å². The summed E-state index contributed by atoms with van der Waals surface area (Å²) in [6, 6.07) is 0. The molecule has 3 heteroatoms. The fourth-order valence-corrected chi connectivity index (χ4v) is 2.05. The molecule has 0 N–H and O–H groups in total. The highest BCUT2D eigenvalue weighted by Gasteiger charge is 2.21. The van der Waals surface area contributed by atoms with Crippen molar-refractivity contribution in [2.24, 2.45) is 5.92 Å². The van der Waals surface area contributed by atoms with Crippen LogP contribution in [0.5, 0.6) is 0 Å². The molecule has 1 fully saturated rings. The summed E-state index contributed by atoms with van der Waals surface area (Å²) in [5.41, 5.74) is -0.377. The summed E-state index contributed by atoms with van der Waals surface area (Å²) in [4.78, 5) is 22.7. The van der Waals surface area contributed by atoms with Gasteiger partial charge in [0.2, 0.25) is 0 Å². The van der Waals surface area contributed by atoms with Crippen molar-refractivity contribution < 1.29 is 14.3 Å². The Labute approximate surface area is 103 Å². The van der Waals surface area contributed by atoms with Crippen molar-refractivity contribution in [2.45, 2.75) is 58.5 Å². The number of carbonyl (C=O) groups is 2. The average Bonchev–Trinajstić information content (AvgIpc) is 2.24. The van der Waals surface area contributed by atoms with Crippen LogP contribution in [0.4, 0.5) is 0 Å². The van der Waals surface area contributed by atoms with Crippen LogP contribution in [-0.2, 0) is 14.3 Å². The van der Waals surface area contributed by atoms with Crippen molar-refractivity contribution in [1.29, 1.82) is 0 Å². The molecule has 17 heavy (non-hydrogen) atoms. The fraction of sp³-hybridized carbons (Fsp3) is 0.714. The van der Waals surface area contributed by atoms with Crippen molar-refractivity contribution in [3.05, 3.63) is 11.6 Å². The standard InChI is InChI=1S/C14H22O3/c1-14(2,3)17-13(16)12(10-15)9-11-7-5-4-6-8-11/h9-11H,4-8H2,1-3H3. The van der Waals surface area contributed by atoms with Crippen molar-refractivity contribution in [2.75, 3.05) is 0 Å². The highest BCUT2D eigenvalue weighted by Crippen LogP contribution is 2.25. The second-order valence-corrected chi connectivity index (χ2v) is 5.64. The highest BCUT2D eigenvalue weighted by molar-refractivity contribution is 6.07. The molecule has 0 aromatic rings. The Balaban J connectivity index is 2.65. The highest BCUT2D eigenvalue weighted by atomic mass is 16.6. The molecule has 0 aromatic heterocycles. The molecule has 1 aliphatic carbocycles. The second-order valence-electron chi connectivity index (χ2n) is 5.64. The fourth-order valence-electron chi connectivity index (χ4n) is 2.05. The molecule has 0 amide bonds. The molecule has 0 unspecified atom stereocenters. The first-order chi connectivity index (χ1) is 7.92.